The van der Waals surface area contributed by atoms with E-state index in [1.54, 1.807) is 37.1 Å². The summed E-state index contributed by atoms with van der Waals surface area (Å²) in [6.45, 7) is 3.23. The summed E-state index contributed by atoms with van der Waals surface area (Å²) in [5, 5.41) is 12.1. The summed E-state index contributed by atoms with van der Waals surface area (Å²) < 4.78 is 10.8. The maximum absolute atomic E-state index is 12.0. The molecule has 6 nitrogen and oxygen atoms in total. The van der Waals surface area contributed by atoms with Crippen LogP contribution < -0.4 is 9.47 Å². The average molecular weight is 292 g/mol. The van der Waals surface area contributed by atoms with Gasteiger partial charge in [-0.25, -0.2) is 0 Å². The molecule has 114 valence electrons. The van der Waals surface area contributed by atoms with Crippen LogP contribution in [0.3, 0.4) is 0 Å². The zero-order chi connectivity index (χ0) is 15.2. The number of carbonyl (C=O) groups excluding carboxylic acids is 1. The van der Waals surface area contributed by atoms with Gasteiger partial charge < -0.3 is 19.6 Å². The maximum Gasteiger partial charge on any atom is 0.260 e. The SMILES string of the molecule is COc1ccc(/C(C)=N/O)c(OCC(=O)N2CCCC2)c1. The minimum atomic E-state index is -0.0289. The highest BCUT2D eigenvalue weighted by atomic mass is 16.5. The van der Waals surface area contributed by atoms with E-state index in [4.69, 9.17) is 14.7 Å². The van der Waals surface area contributed by atoms with Crippen LogP contribution in [0.2, 0.25) is 0 Å². The van der Waals surface area contributed by atoms with Crippen molar-refractivity contribution in [2.24, 2.45) is 5.16 Å². The number of rotatable bonds is 5. The van der Waals surface area contributed by atoms with Crippen LogP contribution in [0.5, 0.6) is 11.5 Å². The third-order valence-electron chi connectivity index (χ3n) is 3.54. The largest absolute Gasteiger partial charge is 0.497 e. The zero-order valence-electron chi connectivity index (χ0n) is 12.3. The van der Waals surface area contributed by atoms with Crippen molar-refractivity contribution in [3.63, 3.8) is 0 Å². The quantitative estimate of drug-likeness (QED) is 0.511. The minimum Gasteiger partial charge on any atom is -0.497 e. The first kappa shape index (κ1) is 15.2. The van der Waals surface area contributed by atoms with Crippen LogP contribution >= 0.6 is 0 Å². The second kappa shape index (κ2) is 6.97. The predicted octanol–water partition coefficient (Wildman–Crippen LogP) is 1.89. The van der Waals surface area contributed by atoms with Crippen molar-refractivity contribution in [3.8, 4) is 11.5 Å². The Balaban J connectivity index is 2.11. The molecule has 1 fully saturated rings. The first-order chi connectivity index (χ1) is 10.2. The average Bonchev–Trinajstić information content (AvgIpc) is 3.06. The number of amides is 1. The Morgan fingerprint density at radius 3 is 2.71 bits per heavy atom. The van der Waals surface area contributed by atoms with Gasteiger partial charge in [-0.15, -0.1) is 0 Å². The van der Waals surface area contributed by atoms with Gasteiger partial charge in [-0.3, -0.25) is 4.79 Å². The second-order valence-corrected chi connectivity index (χ2v) is 4.92. The highest BCUT2D eigenvalue weighted by molar-refractivity contribution is 6.01. The number of oxime groups is 1. The fourth-order valence-electron chi connectivity index (χ4n) is 2.30. The lowest BCUT2D eigenvalue weighted by Crippen LogP contribution is -2.32. The van der Waals surface area contributed by atoms with Gasteiger partial charge in [0.1, 0.15) is 11.5 Å². The fraction of sp³-hybridized carbons (Fsp3) is 0.467. The second-order valence-electron chi connectivity index (χ2n) is 4.92. The van der Waals surface area contributed by atoms with Gasteiger partial charge in [-0.1, -0.05) is 5.16 Å². The molecule has 1 aromatic rings. The first-order valence-corrected chi connectivity index (χ1v) is 6.93. The molecule has 1 aliphatic heterocycles. The van der Waals surface area contributed by atoms with Gasteiger partial charge in [0.2, 0.25) is 0 Å². The van der Waals surface area contributed by atoms with E-state index in [0.29, 0.717) is 22.8 Å². The number of carbonyl (C=O) groups is 1. The van der Waals surface area contributed by atoms with Gasteiger partial charge in [0.15, 0.2) is 6.61 Å². The van der Waals surface area contributed by atoms with E-state index in [2.05, 4.69) is 5.16 Å². The Morgan fingerprint density at radius 2 is 2.10 bits per heavy atom. The maximum atomic E-state index is 12.0. The summed E-state index contributed by atoms with van der Waals surface area (Å²) >= 11 is 0. The molecule has 0 radical (unpaired) electrons. The molecule has 0 unspecified atom stereocenters. The molecular formula is C15H20N2O4. The van der Waals surface area contributed by atoms with E-state index in [-0.39, 0.29) is 12.5 Å². The molecule has 0 aliphatic carbocycles. The van der Waals surface area contributed by atoms with E-state index >= 15 is 0 Å². The van der Waals surface area contributed by atoms with Crippen LogP contribution in [-0.2, 0) is 4.79 Å². The Bertz CT molecular complexity index is 536. The number of ether oxygens (including phenoxy) is 2. The van der Waals surface area contributed by atoms with Crippen molar-refractivity contribution in [2.75, 3.05) is 26.8 Å². The molecule has 1 heterocycles. The number of nitrogens with zero attached hydrogens (tertiary/aromatic N) is 2. The summed E-state index contributed by atoms with van der Waals surface area (Å²) in [4.78, 5) is 13.8. The van der Waals surface area contributed by atoms with Gasteiger partial charge in [0.05, 0.1) is 12.8 Å². The van der Waals surface area contributed by atoms with E-state index in [1.807, 2.05) is 0 Å². The predicted molar refractivity (Wildman–Crippen MR) is 78.3 cm³/mol. The molecule has 1 saturated heterocycles. The molecule has 21 heavy (non-hydrogen) atoms. The van der Waals surface area contributed by atoms with Gasteiger partial charge in [0, 0.05) is 24.7 Å². The number of methoxy groups -OCH3 is 1. The molecular weight excluding hydrogens is 272 g/mol. The standard InChI is InChI=1S/C15H20N2O4/c1-11(16-19)13-6-5-12(20-2)9-14(13)21-10-15(18)17-7-3-4-8-17/h5-6,9,19H,3-4,7-8,10H2,1-2H3/b16-11+. The van der Waals surface area contributed by atoms with Gasteiger partial charge in [-0.05, 0) is 31.9 Å². The molecule has 0 bridgehead atoms. The van der Waals surface area contributed by atoms with E-state index in [9.17, 15) is 4.79 Å². The van der Waals surface area contributed by atoms with E-state index in [0.717, 1.165) is 25.9 Å². The van der Waals surface area contributed by atoms with Crippen molar-refractivity contribution in [1.82, 2.24) is 4.90 Å². The van der Waals surface area contributed by atoms with Crippen molar-refractivity contribution in [3.05, 3.63) is 23.8 Å². The third kappa shape index (κ3) is 3.65. The zero-order valence-corrected chi connectivity index (χ0v) is 12.3. The van der Waals surface area contributed by atoms with Crippen LogP contribution in [0, 0.1) is 0 Å². The van der Waals surface area contributed by atoms with Crippen LogP contribution in [0.1, 0.15) is 25.3 Å². The summed E-state index contributed by atoms with van der Waals surface area (Å²) in [5.41, 5.74) is 1.05. The van der Waals surface area contributed by atoms with Gasteiger partial charge in [0.25, 0.3) is 5.91 Å². The monoisotopic (exact) mass is 292 g/mol. The fourth-order valence-corrected chi connectivity index (χ4v) is 2.30. The molecule has 1 N–H and O–H groups in total. The lowest BCUT2D eigenvalue weighted by molar-refractivity contribution is -0.132. The van der Waals surface area contributed by atoms with Crippen LogP contribution in [-0.4, -0.2) is 48.5 Å². The molecule has 2 rings (SSSR count). The normalized spacial score (nSPS) is 15.1. The van der Waals surface area contributed by atoms with Crippen molar-refractivity contribution in [1.29, 1.82) is 0 Å². The topological polar surface area (TPSA) is 71.4 Å². The van der Waals surface area contributed by atoms with Gasteiger partial charge in [-0.2, -0.15) is 0 Å². The summed E-state index contributed by atoms with van der Waals surface area (Å²) in [6.07, 6.45) is 2.10. The van der Waals surface area contributed by atoms with E-state index < -0.39 is 0 Å². The Morgan fingerprint density at radius 1 is 1.38 bits per heavy atom. The number of hydrogen-bond donors (Lipinski definition) is 1. The highest BCUT2D eigenvalue weighted by Gasteiger charge is 2.19. The summed E-state index contributed by atoms with van der Waals surface area (Å²) in [6, 6.07) is 5.17. The van der Waals surface area contributed by atoms with Crippen molar-refractivity contribution in [2.45, 2.75) is 19.8 Å². The molecule has 0 spiro atoms. The van der Waals surface area contributed by atoms with Gasteiger partial charge >= 0.3 is 0 Å². The summed E-state index contributed by atoms with van der Waals surface area (Å²) in [7, 11) is 1.56. The first-order valence-electron chi connectivity index (χ1n) is 6.93. The third-order valence-corrected chi connectivity index (χ3v) is 3.54. The molecule has 0 saturated carbocycles. The van der Waals surface area contributed by atoms with Crippen molar-refractivity contribution < 1.29 is 19.5 Å². The molecule has 1 aromatic carbocycles. The highest BCUT2D eigenvalue weighted by Crippen LogP contribution is 2.25. The Kier molecular flexibility index (Phi) is 5.03. The summed E-state index contributed by atoms with van der Waals surface area (Å²) in [5.74, 6) is 1.06. The molecule has 1 amide bonds. The van der Waals surface area contributed by atoms with Crippen LogP contribution in [0.25, 0.3) is 0 Å². The Hall–Kier alpha value is -2.24. The smallest absolute Gasteiger partial charge is 0.260 e. The lowest BCUT2D eigenvalue weighted by Gasteiger charge is -2.17. The molecule has 0 atom stereocenters. The molecule has 6 heteroatoms. The van der Waals surface area contributed by atoms with E-state index in [1.165, 1.54) is 0 Å². The Labute approximate surface area is 124 Å². The molecule has 0 aromatic heterocycles. The molecule has 1 aliphatic rings. The van der Waals surface area contributed by atoms with Crippen LogP contribution in [0.4, 0.5) is 0 Å². The minimum absolute atomic E-state index is 0.0279. The number of benzene rings is 1. The van der Waals surface area contributed by atoms with Crippen molar-refractivity contribution >= 4 is 11.6 Å². The lowest BCUT2D eigenvalue weighted by atomic mass is 10.1. The van der Waals surface area contributed by atoms with Crippen LogP contribution in [0.15, 0.2) is 23.4 Å². The number of hydrogen-bond acceptors (Lipinski definition) is 5. The number of likely N-dealkylation sites (tertiary alicyclic amines) is 1.